The molecule has 0 aliphatic heterocycles. The molecule has 0 aromatic heterocycles. The van der Waals surface area contributed by atoms with Crippen LogP contribution in [0.25, 0.3) is 0 Å². The summed E-state index contributed by atoms with van der Waals surface area (Å²) < 4.78 is 5.10. The highest BCUT2D eigenvalue weighted by Crippen LogP contribution is 2.24. The fourth-order valence-corrected chi connectivity index (χ4v) is 2.20. The van der Waals surface area contributed by atoms with Crippen molar-refractivity contribution >= 4 is 5.97 Å². The molecule has 2 N–H and O–H groups in total. The van der Waals surface area contributed by atoms with Crippen molar-refractivity contribution in [2.24, 2.45) is 5.41 Å². The summed E-state index contributed by atoms with van der Waals surface area (Å²) in [6.45, 7) is 9.46. The highest BCUT2D eigenvalue weighted by Gasteiger charge is 2.32. The number of ether oxygens (including phenoxy) is 1. The van der Waals surface area contributed by atoms with Gasteiger partial charge in [-0.05, 0) is 17.9 Å². The van der Waals surface area contributed by atoms with Gasteiger partial charge in [-0.25, -0.2) is 0 Å². The number of esters is 1. The molecule has 3 atom stereocenters. The zero-order valence-electron chi connectivity index (χ0n) is 13.6. The minimum absolute atomic E-state index is 0.0590. The maximum atomic E-state index is 11.0. The van der Waals surface area contributed by atoms with E-state index in [0.717, 1.165) is 5.56 Å². The number of nitrogens with one attached hydrogen (secondary N) is 1. The fourth-order valence-electron chi connectivity index (χ4n) is 2.20. The maximum absolute atomic E-state index is 11.0. The van der Waals surface area contributed by atoms with E-state index < -0.39 is 6.10 Å². The molecule has 0 spiro atoms. The Bertz CT molecular complexity index is 439. The van der Waals surface area contributed by atoms with Crippen LogP contribution in [0.4, 0.5) is 0 Å². The van der Waals surface area contributed by atoms with Gasteiger partial charge < -0.3 is 15.2 Å². The van der Waals surface area contributed by atoms with Crippen LogP contribution in [0.15, 0.2) is 30.3 Å². The van der Waals surface area contributed by atoms with E-state index in [9.17, 15) is 9.90 Å². The lowest BCUT2D eigenvalue weighted by molar-refractivity contribution is -0.143. The van der Waals surface area contributed by atoms with E-state index in [4.69, 9.17) is 4.74 Å². The average molecular weight is 293 g/mol. The van der Waals surface area contributed by atoms with Crippen LogP contribution < -0.4 is 5.32 Å². The standard InChI is InChI=1S/C17H27NO3/c1-12(14-9-7-6-8-10-14)18-15(11-21-13(2)19)16(20)17(3,4)5/h6-10,12,15-16,18,20H,11H2,1-5H3/t12-,15+,16-/m0/s1. The Morgan fingerprint density at radius 3 is 2.33 bits per heavy atom. The van der Waals surface area contributed by atoms with Gasteiger partial charge in [-0.2, -0.15) is 0 Å². The Kier molecular flexibility index (Phi) is 6.37. The Morgan fingerprint density at radius 2 is 1.86 bits per heavy atom. The van der Waals surface area contributed by atoms with Crippen LogP contribution in [-0.2, 0) is 9.53 Å². The first-order valence-corrected chi connectivity index (χ1v) is 7.34. The van der Waals surface area contributed by atoms with Crippen molar-refractivity contribution in [3.05, 3.63) is 35.9 Å². The highest BCUT2D eigenvalue weighted by molar-refractivity contribution is 5.65. The zero-order chi connectivity index (χ0) is 16.0. The van der Waals surface area contributed by atoms with E-state index in [2.05, 4.69) is 5.32 Å². The first-order valence-electron chi connectivity index (χ1n) is 7.34. The summed E-state index contributed by atoms with van der Waals surface area (Å²) in [5.74, 6) is -0.338. The number of rotatable bonds is 6. The van der Waals surface area contributed by atoms with Gasteiger partial charge in [0.05, 0.1) is 12.1 Å². The molecule has 0 radical (unpaired) electrons. The molecular weight excluding hydrogens is 266 g/mol. The highest BCUT2D eigenvalue weighted by atomic mass is 16.5. The third-order valence-electron chi connectivity index (χ3n) is 3.50. The third kappa shape index (κ3) is 5.86. The molecule has 0 aliphatic rings. The van der Waals surface area contributed by atoms with Crippen molar-refractivity contribution in [1.29, 1.82) is 0 Å². The first-order chi connectivity index (χ1) is 9.71. The Morgan fingerprint density at radius 1 is 1.29 bits per heavy atom. The number of benzene rings is 1. The molecule has 0 saturated carbocycles. The van der Waals surface area contributed by atoms with Crippen LogP contribution in [0.1, 0.15) is 46.2 Å². The van der Waals surface area contributed by atoms with Crippen LogP contribution in [0.3, 0.4) is 0 Å². The molecule has 118 valence electrons. The zero-order valence-corrected chi connectivity index (χ0v) is 13.6. The summed E-state index contributed by atoms with van der Waals surface area (Å²) in [4.78, 5) is 11.0. The number of aliphatic hydroxyl groups is 1. The van der Waals surface area contributed by atoms with Gasteiger partial charge in [0, 0.05) is 13.0 Å². The second kappa shape index (κ2) is 7.57. The lowest BCUT2D eigenvalue weighted by atomic mass is 9.84. The van der Waals surface area contributed by atoms with Crippen LogP contribution in [-0.4, -0.2) is 29.8 Å². The van der Waals surface area contributed by atoms with Crippen molar-refractivity contribution in [3.63, 3.8) is 0 Å². The van der Waals surface area contributed by atoms with Crippen LogP contribution in [0.5, 0.6) is 0 Å². The van der Waals surface area contributed by atoms with Gasteiger partial charge in [0.2, 0.25) is 0 Å². The van der Waals surface area contributed by atoms with Gasteiger partial charge in [0.1, 0.15) is 6.61 Å². The van der Waals surface area contributed by atoms with Crippen LogP contribution in [0, 0.1) is 5.41 Å². The molecule has 21 heavy (non-hydrogen) atoms. The van der Waals surface area contributed by atoms with E-state index >= 15 is 0 Å². The van der Waals surface area contributed by atoms with Crippen molar-refractivity contribution < 1.29 is 14.6 Å². The van der Waals surface area contributed by atoms with Crippen LogP contribution in [0.2, 0.25) is 0 Å². The molecule has 4 heteroatoms. The SMILES string of the molecule is CC(=O)OC[C@@H](N[C@@H](C)c1ccccc1)[C@H](O)C(C)(C)C. The average Bonchev–Trinajstić information content (AvgIpc) is 2.42. The Hall–Kier alpha value is -1.39. The van der Waals surface area contributed by atoms with Crippen molar-refractivity contribution in [2.75, 3.05) is 6.61 Å². The normalized spacial score (nSPS) is 16.1. The molecule has 0 fully saturated rings. The molecule has 1 aromatic carbocycles. The van der Waals surface area contributed by atoms with Gasteiger partial charge in [-0.15, -0.1) is 0 Å². The van der Waals surface area contributed by atoms with Gasteiger partial charge >= 0.3 is 5.97 Å². The molecule has 0 heterocycles. The van der Waals surface area contributed by atoms with E-state index in [-0.39, 0.29) is 30.1 Å². The Labute approximate surface area is 127 Å². The van der Waals surface area contributed by atoms with Crippen molar-refractivity contribution in [2.45, 2.75) is 52.8 Å². The fraction of sp³-hybridized carbons (Fsp3) is 0.588. The summed E-state index contributed by atoms with van der Waals surface area (Å²) in [6.07, 6.45) is -0.622. The van der Waals surface area contributed by atoms with E-state index in [1.165, 1.54) is 6.92 Å². The third-order valence-corrected chi connectivity index (χ3v) is 3.50. The molecule has 0 aliphatic carbocycles. The lowest BCUT2D eigenvalue weighted by Crippen LogP contribution is -2.50. The van der Waals surface area contributed by atoms with Crippen LogP contribution >= 0.6 is 0 Å². The molecule has 0 amide bonds. The topological polar surface area (TPSA) is 58.6 Å². The second-order valence-corrected chi connectivity index (χ2v) is 6.52. The van der Waals surface area contributed by atoms with Crippen molar-refractivity contribution in [1.82, 2.24) is 5.32 Å². The second-order valence-electron chi connectivity index (χ2n) is 6.52. The van der Waals surface area contributed by atoms with Gasteiger partial charge in [0.25, 0.3) is 0 Å². The summed E-state index contributed by atoms with van der Waals surface area (Å²) in [5, 5.41) is 13.9. The van der Waals surface area contributed by atoms with E-state index in [1.54, 1.807) is 0 Å². The van der Waals surface area contributed by atoms with Crippen molar-refractivity contribution in [3.8, 4) is 0 Å². The minimum Gasteiger partial charge on any atom is -0.464 e. The smallest absolute Gasteiger partial charge is 0.302 e. The number of carbonyl (C=O) groups excluding carboxylic acids is 1. The lowest BCUT2D eigenvalue weighted by Gasteiger charge is -2.35. The number of aliphatic hydroxyl groups excluding tert-OH is 1. The number of hydrogen-bond acceptors (Lipinski definition) is 4. The first kappa shape index (κ1) is 17.7. The monoisotopic (exact) mass is 293 g/mol. The predicted molar refractivity (Wildman–Crippen MR) is 83.9 cm³/mol. The van der Waals surface area contributed by atoms with E-state index in [0.29, 0.717) is 0 Å². The maximum Gasteiger partial charge on any atom is 0.302 e. The van der Waals surface area contributed by atoms with Gasteiger partial charge in [0.15, 0.2) is 0 Å². The quantitative estimate of drug-likeness (QED) is 0.792. The molecule has 1 aromatic rings. The molecule has 0 unspecified atom stereocenters. The molecule has 0 saturated heterocycles. The summed E-state index contributed by atoms with van der Waals surface area (Å²) in [6, 6.07) is 9.74. The molecular formula is C17H27NO3. The summed E-state index contributed by atoms with van der Waals surface area (Å²) >= 11 is 0. The molecule has 4 nitrogen and oxygen atoms in total. The molecule has 0 bridgehead atoms. The summed E-state index contributed by atoms with van der Waals surface area (Å²) in [5.41, 5.74) is 0.834. The molecule has 1 rings (SSSR count). The predicted octanol–water partition coefficient (Wildman–Crippen LogP) is 2.68. The number of hydrogen-bond donors (Lipinski definition) is 2. The largest absolute Gasteiger partial charge is 0.464 e. The Balaban J connectivity index is 2.79. The van der Waals surface area contributed by atoms with Gasteiger partial charge in [-0.3, -0.25) is 4.79 Å². The number of carbonyl (C=O) groups is 1. The minimum atomic E-state index is -0.622. The van der Waals surface area contributed by atoms with E-state index in [1.807, 2.05) is 58.0 Å². The van der Waals surface area contributed by atoms with Gasteiger partial charge in [-0.1, -0.05) is 51.1 Å². The summed E-state index contributed by atoms with van der Waals surface area (Å²) in [7, 11) is 0.